The highest BCUT2D eigenvalue weighted by atomic mass is 32.2. The third kappa shape index (κ3) is 48.2. The Labute approximate surface area is 493 Å². The summed E-state index contributed by atoms with van der Waals surface area (Å²) in [6, 6.07) is 0. The number of thioether (sulfide) groups is 2. The van der Waals surface area contributed by atoms with Crippen molar-refractivity contribution in [3.05, 3.63) is 0 Å². The third-order valence-corrected chi connectivity index (χ3v) is 19.1. The van der Waals surface area contributed by atoms with Crippen LogP contribution in [0.1, 0.15) is 336 Å². The lowest BCUT2D eigenvalue weighted by molar-refractivity contribution is -0.119. The molecule has 0 aromatic heterocycles. The van der Waals surface area contributed by atoms with E-state index in [1.54, 1.807) is 0 Å². The van der Waals surface area contributed by atoms with E-state index in [-0.39, 0.29) is 22.1 Å². The monoisotopic (exact) mass is 1140 g/mol. The van der Waals surface area contributed by atoms with Crippen LogP contribution >= 0.6 is 23.5 Å². The summed E-state index contributed by atoms with van der Waals surface area (Å²) in [5, 5.41) is 45.1. The fraction of sp³-hybridized carbons (Fsp3) is 0.971. The van der Waals surface area contributed by atoms with Crippen molar-refractivity contribution in [2.75, 3.05) is 50.8 Å². The quantitative estimate of drug-likeness (QED) is 0.0438. The Balaban J connectivity index is 2.61. The summed E-state index contributed by atoms with van der Waals surface area (Å²) in [4.78, 5) is 31.6. The molecule has 0 bridgehead atoms. The van der Waals surface area contributed by atoms with E-state index in [2.05, 4.69) is 37.5 Å². The zero-order chi connectivity index (χ0) is 56.8. The second-order valence-corrected chi connectivity index (χ2v) is 27.1. The molecule has 4 atom stereocenters. The van der Waals surface area contributed by atoms with Crippen LogP contribution in [0.15, 0.2) is 0 Å². The molecule has 0 spiro atoms. The highest BCUT2D eigenvalue weighted by molar-refractivity contribution is 8.13. The molecule has 1 saturated carbocycles. The molecule has 4 unspecified atom stereocenters. The highest BCUT2D eigenvalue weighted by Crippen LogP contribution is 2.34. The van der Waals surface area contributed by atoms with E-state index in [4.69, 9.17) is 0 Å². The Bertz CT molecular complexity index is 1120. The molecule has 78 heavy (non-hydrogen) atoms. The molecule has 1 aliphatic rings. The van der Waals surface area contributed by atoms with Crippen LogP contribution < -0.4 is 0 Å². The second kappa shape index (κ2) is 57.2. The van der Waals surface area contributed by atoms with Gasteiger partial charge in [0.25, 0.3) is 0 Å². The predicted octanol–water partition coefficient (Wildman–Crippen LogP) is 18.6. The largest absolute Gasteiger partial charge is 0.392 e. The molecule has 0 amide bonds. The minimum atomic E-state index is -0.422. The summed E-state index contributed by atoms with van der Waals surface area (Å²) in [7, 11) is 0. The summed E-state index contributed by atoms with van der Waals surface area (Å²) in [5.74, 6) is 1.26. The topological polar surface area (TPSA) is 122 Å². The van der Waals surface area contributed by atoms with Gasteiger partial charge in [-0.15, -0.1) is 0 Å². The van der Waals surface area contributed by atoms with Gasteiger partial charge in [-0.2, -0.15) is 0 Å². The fourth-order valence-corrected chi connectivity index (χ4v) is 13.9. The van der Waals surface area contributed by atoms with E-state index in [1.807, 2.05) is 0 Å². The number of carbonyl (C=O) groups is 2. The van der Waals surface area contributed by atoms with Crippen molar-refractivity contribution < 1.29 is 30.0 Å². The number of nitrogens with zero attached hydrogens (tertiary/aromatic N) is 2. The van der Waals surface area contributed by atoms with E-state index in [1.165, 1.54) is 229 Å². The van der Waals surface area contributed by atoms with Gasteiger partial charge in [-0.1, -0.05) is 308 Å². The Morgan fingerprint density at radius 3 is 0.692 bits per heavy atom. The van der Waals surface area contributed by atoms with Crippen LogP contribution in [0.25, 0.3) is 0 Å². The van der Waals surface area contributed by atoms with Crippen molar-refractivity contribution in [2.45, 2.75) is 360 Å². The molecule has 0 aromatic carbocycles. The molecule has 0 heterocycles. The number of hydrogen-bond acceptors (Lipinski definition) is 10. The molecule has 0 aromatic rings. The lowest BCUT2D eigenvalue weighted by Gasteiger charge is -2.29. The summed E-state index contributed by atoms with van der Waals surface area (Å²) >= 11 is 2.83. The smallest absolute Gasteiger partial charge is 0.192 e. The van der Waals surface area contributed by atoms with Crippen molar-refractivity contribution in [1.82, 2.24) is 9.80 Å². The number of hydrogen-bond donors (Lipinski definition) is 4. The molecule has 0 radical (unpaired) electrons. The zero-order valence-electron chi connectivity index (χ0n) is 52.4. The van der Waals surface area contributed by atoms with Crippen LogP contribution in [0.3, 0.4) is 0 Å². The first-order valence-electron chi connectivity index (χ1n) is 34.6. The number of carbonyl (C=O) groups excluding carboxylic acids is 2. The van der Waals surface area contributed by atoms with Gasteiger partial charge in [0.2, 0.25) is 0 Å². The first-order valence-corrected chi connectivity index (χ1v) is 36.6. The van der Waals surface area contributed by atoms with E-state index < -0.39 is 24.4 Å². The lowest BCUT2D eigenvalue weighted by atomic mass is 9.83. The number of aliphatic hydroxyl groups excluding tert-OH is 4. The van der Waals surface area contributed by atoms with Gasteiger partial charge in [0.15, 0.2) is 10.2 Å². The Morgan fingerprint density at radius 2 is 0.500 bits per heavy atom. The molecule has 0 saturated heterocycles. The van der Waals surface area contributed by atoms with E-state index in [0.717, 1.165) is 103 Å². The Hall–Kier alpha value is -0.200. The van der Waals surface area contributed by atoms with E-state index >= 15 is 0 Å². The maximum absolute atomic E-state index is 13.6. The SMILES string of the molecule is CCCCCCCCCCCCC(O)CN(CCSC(=O)C1CCC(C(=O)SCCN(CC(O)CCCCCCCCCCCC)CC(O)CCCCCCCCCCCC)CC1)CC(O)CCCCCCCCCCCC. The number of rotatable bonds is 60. The first kappa shape index (κ1) is 75.8. The van der Waals surface area contributed by atoms with Gasteiger partial charge in [0.05, 0.1) is 24.4 Å². The first-order chi connectivity index (χ1) is 38.1. The molecule has 4 N–H and O–H groups in total. The van der Waals surface area contributed by atoms with Gasteiger partial charge in [-0.05, 0) is 51.4 Å². The minimum absolute atomic E-state index is 0.0223. The van der Waals surface area contributed by atoms with Crippen molar-refractivity contribution in [1.29, 1.82) is 0 Å². The minimum Gasteiger partial charge on any atom is -0.392 e. The van der Waals surface area contributed by atoms with Gasteiger partial charge in [0.1, 0.15) is 0 Å². The van der Waals surface area contributed by atoms with Crippen molar-refractivity contribution in [3.8, 4) is 0 Å². The summed E-state index contributed by atoms with van der Waals surface area (Å²) in [5.41, 5.74) is 0. The summed E-state index contributed by atoms with van der Waals surface area (Å²) in [6.45, 7) is 12.6. The van der Waals surface area contributed by atoms with Crippen molar-refractivity contribution in [3.63, 3.8) is 0 Å². The van der Waals surface area contributed by atoms with Gasteiger partial charge < -0.3 is 20.4 Å². The van der Waals surface area contributed by atoms with Crippen LogP contribution in [0.2, 0.25) is 0 Å². The third-order valence-electron chi connectivity index (χ3n) is 17.1. The molecule has 1 rings (SSSR count). The molecule has 8 nitrogen and oxygen atoms in total. The molecule has 0 aliphatic heterocycles. The van der Waals surface area contributed by atoms with Gasteiger partial charge in [-0.3, -0.25) is 19.4 Å². The average molecular weight is 1140 g/mol. The molecular formula is C68H134N2O6S2. The maximum atomic E-state index is 13.6. The molecule has 1 fully saturated rings. The fourth-order valence-electron chi connectivity index (χ4n) is 11.9. The Morgan fingerprint density at radius 1 is 0.321 bits per heavy atom. The molecular weight excluding hydrogens is 1000 g/mol. The lowest BCUT2D eigenvalue weighted by Crippen LogP contribution is -2.39. The van der Waals surface area contributed by atoms with E-state index in [9.17, 15) is 30.0 Å². The molecule has 1 aliphatic carbocycles. The Kier molecular flexibility index (Phi) is 55.6. The van der Waals surface area contributed by atoms with Gasteiger partial charge in [-0.25, -0.2) is 0 Å². The normalized spacial score (nSPS) is 16.6. The van der Waals surface area contributed by atoms with Crippen molar-refractivity contribution >= 4 is 33.8 Å². The number of aliphatic hydroxyl groups is 4. The van der Waals surface area contributed by atoms with Gasteiger partial charge >= 0.3 is 0 Å². The molecule has 464 valence electrons. The second-order valence-electron chi connectivity index (χ2n) is 24.9. The summed E-state index contributed by atoms with van der Waals surface area (Å²) < 4.78 is 0. The standard InChI is InChI=1S/C68H134N2O6S2/c1-5-9-13-17-21-25-29-33-37-41-45-63(71)57-69(58-64(72)46-42-38-34-30-26-22-18-14-10-6-2)53-55-77-67(75)61-49-51-62(52-50-61)68(76)78-56-54-70(59-65(73)47-43-39-35-31-27-23-19-15-11-7-3)60-66(74)48-44-40-36-32-28-24-20-16-12-8-4/h61-66,71-74H,5-60H2,1-4H3. The van der Waals surface area contributed by atoms with Crippen LogP contribution in [0.4, 0.5) is 0 Å². The number of unbranched alkanes of at least 4 members (excludes halogenated alkanes) is 36. The average Bonchev–Trinajstić information content (AvgIpc) is 3.42. The van der Waals surface area contributed by atoms with Crippen LogP contribution in [0, 0.1) is 11.8 Å². The van der Waals surface area contributed by atoms with Crippen molar-refractivity contribution in [2.24, 2.45) is 11.8 Å². The van der Waals surface area contributed by atoms with Crippen LogP contribution in [-0.4, -0.2) is 116 Å². The van der Waals surface area contributed by atoms with Crippen LogP contribution in [0.5, 0.6) is 0 Å². The highest BCUT2D eigenvalue weighted by Gasteiger charge is 2.30. The maximum Gasteiger partial charge on any atom is 0.192 e. The van der Waals surface area contributed by atoms with E-state index in [0.29, 0.717) is 50.8 Å². The van der Waals surface area contributed by atoms with Crippen LogP contribution in [-0.2, 0) is 9.59 Å². The summed E-state index contributed by atoms with van der Waals surface area (Å²) in [6.07, 6.45) is 55.6. The van der Waals surface area contributed by atoms with Gasteiger partial charge in [0, 0.05) is 62.6 Å². The predicted molar refractivity (Wildman–Crippen MR) is 343 cm³/mol. The molecule has 10 heteroatoms. The zero-order valence-corrected chi connectivity index (χ0v) is 54.0.